The van der Waals surface area contributed by atoms with Crippen molar-refractivity contribution in [2.45, 2.75) is 44.3 Å². The number of hydrogen-bond donors (Lipinski definition) is 2. The molecule has 0 radical (unpaired) electrons. The fourth-order valence-electron chi connectivity index (χ4n) is 5.70. The standard InChI is InChI=1S/C25H32F3N3.C6H6/c26-25(27,28)21-9-10-24-23(14-21)22-13-19(7-8-20(22)15-30-24)17-31(12-4-11-29)16-18-5-2-1-3-6-18;1-2-4-6-5-3-1/h1-3,5-6,9-10,14,19-20,22,30H,4,7-8,11-13,15-17,29H2;1-6H. The monoisotopic (exact) mass is 509 g/mol. The number of benzene rings is 3. The molecule has 198 valence electrons. The lowest BCUT2D eigenvalue weighted by atomic mass is 9.69. The summed E-state index contributed by atoms with van der Waals surface area (Å²) < 4.78 is 40.0. The van der Waals surface area contributed by atoms with E-state index in [1.165, 1.54) is 17.7 Å². The van der Waals surface area contributed by atoms with Crippen molar-refractivity contribution in [1.29, 1.82) is 0 Å². The van der Waals surface area contributed by atoms with Crippen molar-refractivity contribution < 1.29 is 13.2 Å². The Bertz CT molecular complexity index is 1050. The smallest absolute Gasteiger partial charge is 0.385 e. The van der Waals surface area contributed by atoms with E-state index >= 15 is 0 Å². The van der Waals surface area contributed by atoms with E-state index in [-0.39, 0.29) is 5.92 Å². The predicted octanol–water partition coefficient (Wildman–Crippen LogP) is 7.17. The normalized spacial score (nSPS) is 20.7. The van der Waals surface area contributed by atoms with E-state index in [4.69, 9.17) is 5.73 Å². The van der Waals surface area contributed by atoms with E-state index in [1.807, 2.05) is 42.5 Å². The fraction of sp³-hybridized carbons (Fsp3) is 0.419. The van der Waals surface area contributed by atoms with Crippen LogP contribution in [0.1, 0.15) is 48.3 Å². The number of nitrogens with one attached hydrogen (secondary N) is 1. The first kappa shape index (κ1) is 27.2. The van der Waals surface area contributed by atoms with Gasteiger partial charge in [0.25, 0.3) is 0 Å². The zero-order valence-electron chi connectivity index (χ0n) is 21.3. The maximum absolute atomic E-state index is 13.3. The van der Waals surface area contributed by atoms with Crippen LogP contribution in [0.2, 0.25) is 0 Å². The van der Waals surface area contributed by atoms with Crippen LogP contribution in [0.15, 0.2) is 84.9 Å². The van der Waals surface area contributed by atoms with Gasteiger partial charge in [-0.3, -0.25) is 4.90 Å². The first-order chi connectivity index (χ1) is 17.9. The van der Waals surface area contributed by atoms with E-state index in [1.54, 1.807) is 6.07 Å². The largest absolute Gasteiger partial charge is 0.416 e. The van der Waals surface area contributed by atoms with Gasteiger partial charge in [-0.1, -0.05) is 66.7 Å². The first-order valence-corrected chi connectivity index (χ1v) is 13.4. The van der Waals surface area contributed by atoms with E-state index < -0.39 is 11.7 Å². The van der Waals surface area contributed by atoms with Crippen molar-refractivity contribution in [2.75, 3.05) is 31.5 Å². The third kappa shape index (κ3) is 7.83. The van der Waals surface area contributed by atoms with Gasteiger partial charge in [0, 0.05) is 25.3 Å². The molecule has 1 aliphatic heterocycles. The summed E-state index contributed by atoms with van der Waals surface area (Å²) in [6.45, 7) is 4.34. The highest BCUT2D eigenvalue weighted by Crippen LogP contribution is 2.47. The molecule has 0 saturated heterocycles. The molecule has 1 saturated carbocycles. The number of rotatable bonds is 7. The minimum absolute atomic E-state index is 0.199. The summed E-state index contributed by atoms with van der Waals surface area (Å²) in [6, 6.07) is 26.6. The zero-order chi connectivity index (χ0) is 26.1. The van der Waals surface area contributed by atoms with Crippen molar-refractivity contribution in [3.8, 4) is 0 Å². The van der Waals surface area contributed by atoms with Crippen LogP contribution < -0.4 is 11.1 Å². The Labute approximate surface area is 218 Å². The van der Waals surface area contributed by atoms with Gasteiger partial charge in [-0.05, 0) is 85.9 Å². The van der Waals surface area contributed by atoms with Crippen LogP contribution in [0.4, 0.5) is 18.9 Å². The molecule has 3 aromatic rings. The topological polar surface area (TPSA) is 41.3 Å². The van der Waals surface area contributed by atoms with Gasteiger partial charge in [0.2, 0.25) is 0 Å². The van der Waals surface area contributed by atoms with Crippen LogP contribution in [-0.2, 0) is 12.7 Å². The van der Waals surface area contributed by atoms with Gasteiger partial charge in [0.15, 0.2) is 0 Å². The van der Waals surface area contributed by atoms with E-state index in [2.05, 4.69) is 34.5 Å². The summed E-state index contributed by atoms with van der Waals surface area (Å²) >= 11 is 0. The van der Waals surface area contributed by atoms with Crippen molar-refractivity contribution in [2.24, 2.45) is 17.6 Å². The molecule has 37 heavy (non-hydrogen) atoms. The summed E-state index contributed by atoms with van der Waals surface area (Å²) in [5, 5.41) is 3.37. The van der Waals surface area contributed by atoms with E-state index in [9.17, 15) is 13.2 Å². The molecule has 6 heteroatoms. The van der Waals surface area contributed by atoms with Crippen LogP contribution >= 0.6 is 0 Å². The molecule has 3 atom stereocenters. The van der Waals surface area contributed by atoms with Gasteiger partial charge >= 0.3 is 6.18 Å². The van der Waals surface area contributed by atoms with Gasteiger partial charge in [-0.25, -0.2) is 0 Å². The van der Waals surface area contributed by atoms with Crippen LogP contribution in [0.5, 0.6) is 0 Å². The van der Waals surface area contributed by atoms with E-state index in [0.717, 1.165) is 63.1 Å². The van der Waals surface area contributed by atoms with Crippen LogP contribution in [0.3, 0.4) is 0 Å². The molecule has 1 aliphatic carbocycles. The highest BCUT2D eigenvalue weighted by molar-refractivity contribution is 5.57. The van der Waals surface area contributed by atoms with Crippen molar-refractivity contribution in [1.82, 2.24) is 4.90 Å². The average Bonchev–Trinajstić information content (AvgIpc) is 2.92. The second kappa shape index (κ2) is 13.1. The van der Waals surface area contributed by atoms with E-state index in [0.29, 0.717) is 18.4 Å². The van der Waals surface area contributed by atoms with Gasteiger partial charge in [0.1, 0.15) is 0 Å². The summed E-state index contributed by atoms with van der Waals surface area (Å²) in [5.74, 6) is 1.10. The number of hydrogen-bond acceptors (Lipinski definition) is 3. The lowest BCUT2D eigenvalue weighted by molar-refractivity contribution is -0.137. The quantitative estimate of drug-likeness (QED) is 0.355. The number of fused-ring (bicyclic) bond motifs is 3. The Morgan fingerprint density at radius 3 is 2.22 bits per heavy atom. The molecule has 0 bridgehead atoms. The molecule has 0 amide bonds. The maximum Gasteiger partial charge on any atom is 0.416 e. The molecule has 1 heterocycles. The van der Waals surface area contributed by atoms with Crippen LogP contribution in [0.25, 0.3) is 0 Å². The Kier molecular flexibility index (Phi) is 9.64. The first-order valence-electron chi connectivity index (χ1n) is 13.4. The second-order valence-electron chi connectivity index (χ2n) is 10.2. The molecule has 3 aromatic carbocycles. The van der Waals surface area contributed by atoms with Crippen molar-refractivity contribution in [3.05, 3.63) is 102 Å². The highest BCUT2D eigenvalue weighted by atomic mass is 19.4. The Balaban J connectivity index is 0.000000469. The molecule has 0 spiro atoms. The fourth-order valence-corrected chi connectivity index (χ4v) is 5.70. The minimum Gasteiger partial charge on any atom is -0.385 e. The molecule has 3 unspecified atom stereocenters. The number of nitrogens with two attached hydrogens (primary N) is 1. The van der Waals surface area contributed by atoms with Crippen molar-refractivity contribution in [3.63, 3.8) is 0 Å². The highest BCUT2D eigenvalue weighted by Gasteiger charge is 2.38. The maximum atomic E-state index is 13.3. The molecular weight excluding hydrogens is 471 g/mol. The number of nitrogens with zero attached hydrogens (tertiary/aromatic N) is 1. The Hall–Kier alpha value is -2.83. The summed E-state index contributed by atoms with van der Waals surface area (Å²) in [7, 11) is 0. The Morgan fingerprint density at radius 2 is 1.57 bits per heavy atom. The third-order valence-electron chi connectivity index (χ3n) is 7.55. The predicted molar refractivity (Wildman–Crippen MR) is 145 cm³/mol. The van der Waals surface area contributed by atoms with Crippen LogP contribution in [-0.4, -0.2) is 31.1 Å². The third-order valence-corrected chi connectivity index (χ3v) is 7.55. The summed E-state index contributed by atoms with van der Waals surface area (Å²) in [5.41, 5.74) is 8.25. The molecule has 3 N–H and O–H groups in total. The van der Waals surface area contributed by atoms with Gasteiger partial charge < -0.3 is 11.1 Å². The average molecular weight is 510 g/mol. The van der Waals surface area contributed by atoms with Gasteiger partial charge in [-0.2, -0.15) is 13.2 Å². The molecule has 2 aliphatic rings. The van der Waals surface area contributed by atoms with Crippen LogP contribution in [0, 0.1) is 11.8 Å². The number of anilines is 1. The molecular formula is C31H38F3N3. The summed E-state index contributed by atoms with van der Waals surface area (Å²) in [6.07, 6.45) is -0.203. The minimum atomic E-state index is -4.30. The molecule has 5 rings (SSSR count). The molecule has 0 aromatic heterocycles. The lowest BCUT2D eigenvalue weighted by Crippen LogP contribution is -2.38. The SMILES string of the molecule is NCCCN(Cc1ccccc1)CC1CCC2CNc3ccc(C(F)(F)F)cc3C2C1.c1ccccc1. The Morgan fingerprint density at radius 1 is 0.892 bits per heavy atom. The van der Waals surface area contributed by atoms with Crippen molar-refractivity contribution >= 4 is 5.69 Å². The lowest BCUT2D eigenvalue weighted by Gasteiger charge is -2.42. The number of halogens is 3. The molecule has 1 fully saturated rings. The molecule has 3 nitrogen and oxygen atoms in total. The summed E-state index contributed by atoms with van der Waals surface area (Å²) in [4.78, 5) is 2.47. The zero-order valence-corrected chi connectivity index (χ0v) is 21.3. The van der Waals surface area contributed by atoms with Gasteiger partial charge in [-0.15, -0.1) is 0 Å². The van der Waals surface area contributed by atoms with Gasteiger partial charge in [0.05, 0.1) is 5.56 Å². The second-order valence-corrected chi connectivity index (χ2v) is 10.2. The number of alkyl halides is 3.